The number of halogens is 2. The van der Waals surface area contributed by atoms with E-state index < -0.39 is 11.6 Å². The van der Waals surface area contributed by atoms with Crippen molar-refractivity contribution in [2.45, 2.75) is 12.3 Å². The summed E-state index contributed by atoms with van der Waals surface area (Å²) in [6, 6.07) is 10.3. The fourth-order valence-electron chi connectivity index (χ4n) is 3.39. The summed E-state index contributed by atoms with van der Waals surface area (Å²) in [5.41, 5.74) is 1.65. The van der Waals surface area contributed by atoms with Gasteiger partial charge in [-0.1, -0.05) is 12.1 Å². The predicted octanol–water partition coefficient (Wildman–Crippen LogP) is 3.91. The molecule has 2 heterocycles. The van der Waals surface area contributed by atoms with Crippen molar-refractivity contribution in [1.29, 1.82) is 0 Å². The largest absolute Gasteiger partial charge is 0.497 e. The van der Waals surface area contributed by atoms with Crippen LogP contribution in [0.4, 0.5) is 14.6 Å². The van der Waals surface area contributed by atoms with Gasteiger partial charge in [0.15, 0.2) is 11.6 Å². The van der Waals surface area contributed by atoms with Crippen molar-refractivity contribution in [1.82, 2.24) is 9.97 Å². The number of rotatable bonds is 3. The monoisotopic (exact) mass is 341 g/mol. The summed E-state index contributed by atoms with van der Waals surface area (Å²) in [6.45, 7) is 1.58. The van der Waals surface area contributed by atoms with E-state index in [-0.39, 0.29) is 0 Å². The highest BCUT2D eigenvalue weighted by Crippen LogP contribution is 2.33. The molecule has 2 aromatic carbocycles. The van der Waals surface area contributed by atoms with Gasteiger partial charge in [-0.15, -0.1) is 0 Å². The van der Waals surface area contributed by atoms with Gasteiger partial charge in [0.25, 0.3) is 0 Å². The van der Waals surface area contributed by atoms with Crippen LogP contribution in [0.15, 0.2) is 42.7 Å². The van der Waals surface area contributed by atoms with E-state index in [1.165, 1.54) is 18.0 Å². The SMILES string of the molecule is COc1ccc(C2CCN(c3ncnc4cc(F)c(F)cc34)C2)cc1. The third-order valence-electron chi connectivity index (χ3n) is 4.73. The van der Waals surface area contributed by atoms with Crippen molar-refractivity contribution < 1.29 is 13.5 Å². The van der Waals surface area contributed by atoms with E-state index in [0.29, 0.717) is 22.6 Å². The first-order chi connectivity index (χ1) is 12.2. The van der Waals surface area contributed by atoms with E-state index in [1.807, 2.05) is 12.1 Å². The number of fused-ring (bicyclic) bond motifs is 1. The van der Waals surface area contributed by atoms with Crippen molar-refractivity contribution in [2.24, 2.45) is 0 Å². The normalized spacial score (nSPS) is 17.2. The molecule has 1 aliphatic heterocycles. The van der Waals surface area contributed by atoms with Crippen LogP contribution in [-0.2, 0) is 0 Å². The van der Waals surface area contributed by atoms with Gasteiger partial charge in [-0.2, -0.15) is 0 Å². The standard InChI is InChI=1S/C19H17F2N3O/c1-25-14-4-2-12(3-5-14)13-6-7-24(10-13)19-15-8-16(20)17(21)9-18(15)22-11-23-19/h2-5,8-9,11,13H,6-7,10H2,1H3. The Kier molecular flexibility index (Phi) is 3.95. The number of anilines is 1. The lowest BCUT2D eigenvalue weighted by Crippen LogP contribution is -2.21. The zero-order valence-electron chi connectivity index (χ0n) is 13.7. The molecule has 0 bridgehead atoms. The van der Waals surface area contributed by atoms with Crippen molar-refractivity contribution >= 4 is 16.7 Å². The molecule has 0 radical (unpaired) electrons. The highest BCUT2D eigenvalue weighted by atomic mass is 19.2. The predicted molar refractivity (Wildman–Crippen MR) is 92.0 cm³/mol. The lowest BCUT2D eigenvalue weighted by Gasteiger charge is -2.19. The molecule has 4 nitrogen and oxygen atoms in total. The molecule has 0 amide bonds. The van der Waals surface area contributed by atoms with E-state index in [1.54, 1.807) is 7.11 Å². The van der Waals surface area contributed by atoms with Gasteiger partial charge in [-0.3, -0.25) is 0 Å². The van der Waals surface area contributed by atoms with Crippen LogP contribution in [0.5, 0.6) is 5.75 Å². The topological polar surface area (TPSA) is 38.2 Å². The molecule has 128 valence electrons. The molecule has 0 aliphatic carbocycles. The summed E-state index contributed by atoms with van der Waals surface area (Å²) in [5.74, 6) is 0.0724. The van der Waals surface area contributed by atoms with Crippen LogP contribution >= 0.6 is 0 Å². The molecule has 1 fully saturated rings. The van der Waals surface area contributed by atoms with Crippen LogP contribution in [0.3, 0.4) is 0 Å². The molecule has 0 saturated carbocycles. The molecule has 1 saturated heterocycles. The van der Waals surface area contributed by atoms with Crippen molar-refractivity contribution in [2.75, 3.05) is 25.1 Å². The smallest absolute Gasteiger partial charge is 0.161 e. The van der Waals surface area contributed by atoms with Gasteiger partial charge in [0.05, 0.1) is 12.6 Å². The van der Waals surface area contributed by atoms with Gasteiger partial charge in [0.2, 0.25) is 0 Å². The number of nitrogens with zero attached hydrogens (tertiary/aromatic N) is 3. The Balaban J connectivity index is 1.63. The van der Waals surface area contributed by atoms with Gasteiger partial charge >= 0.3 is 0 Å². The Labute approximate surface area is 144 Å². The molecule has 25 heavy (non-hydrogen) atoms. The van der Waals surface area contributed by atoms with Gasteiger partial charge in [-0.05, 0) is 30.2 Å². The Hall–Kier alpha value is -2.76. The lowest BCUT2D eigenvalue weighted by atomic mass is 9.98. The molecular formula is C19H17F2N3O. The third-order valence-corrected chi connectivity index (χ3v) is 4.73. The highest BCUT2D eigenvalue weighted by molar-refractivity contribution is 5.89. The van der Waals surface area contributed by atoms with E-state index in [9.17, 15) is 8.78 Å². The maximum absolute atomic E-state index is 13.7. The number of hydrogen-bond acceptors (Lipinski definition) is 4. The van der Waals surface area contributed by atoms with Crippen LogP contribution in [-0.4, -0.2) is 30.2 Å². The number of hydrogen-bond donors (Lipinski definition) is 0. The molecular weight excluding hydrogens is 324 g/mol. The van der Waals surface area contributed by atoms with Crippen LogP contribution in [0.1, 0.15) is 17.9 Å². The summed E-state index contributed by atoms with van der Waals surface area (Å²) in [5, 5.41) is 0.539. The second-order valence-corrected chi connectivity index (χ2v) is 6.19. The zero-order chi connectivity index (χ0) is 17.4. The summed E-state index contributed by atoms with van der Waals surface area (Å²) in [4.78, 5) is 10.5. The van der Waals surface area contributed by atoms with Gasteiger partial charge in [0.1, 0.15) is 17.9 Å². The van der Waals surface area contributed by atoms with Crippen LogP contribution < -0.4 is 9.64 Å². The second-order valence-electron chi connectivity index (χ2n) is 6.19. The molecule has 1 unspecified atom stereocenters. The van der Waals surface area contributed by atoms with Gasteiger partial charge < -0.3 is 9.64 Å². The lowest BCUT2D eigenvalue weighted by molar-refractivity contribution is 0.414. The number of ether oxygens (including phenoxy) is 1. The quantitative estimate of drug-likeness (QED) is 0.724. The maximum Gasteiger partial charge on any atom is 0.161 e. The molecule has 1 aliphatic rings. The van der Waals surface area contributed by atoms with Crippen LogP contribution in [0.25, 0.3) is 10.9 Å². The van der Waals surface area contributed by atoms with Crippen molar-refractivity contribution in [3.8, 4) is 5.75 Å². The summed E-state index contributed by atoms with van der Waals surface area (Å²) < 4.78 is 32.3. The second kappa shape index (κ2) is 6.27. The van der Waals surface area contributed by atoms with Crippen molar-refractivity contribution in [3.63, 3.8) is 0 Å². The van der Waals surface area contributed by atoms with Crippen LogP contribution in [0.2, 0.25) is 0 Å². The van der Waals surface area contributed by atoms with E-state index >= 15 is 0 Å². The first kappa shape index (κ1) is 15.7. The highest BCUT2D eigenvalue weighted by Gasteiger charge is 2.26. The number of methoxy groups -OCH3 is 1. The third kappa shape index (κ3) is 2.88. The number of aromatic nitrogens is 2. The molecule has 1 atom stereocenters. The summed E-state index contributed by atoms with van der Waals surface area (Å²) in [6.07, 6.45) is 2.37. The Bertz CT molecular complexity index is 914. The van der Waals surface area contributed by atoms with E-state index in [4.69, 9.17) is 4.74 Å². The fraction of sp³-hybridized carbons (Fsp3) is 0.263. The average Bonchev–Trinajstić information content (AvgIpc) is 3.12. The van der Waals surface area contributed by atoms with Crippen molar-refractivity contribution in [3.05, 3.63) is 59.9 Å². The number of benzene rings is 2. The Morgan fingerprint density at radius 3 is 2.60 bits per heavy atom. The minimum Gasteiger partial charge on any atom is -0.497 e. The minimum absolute atomic E-state index is 0.362. The molecule has 1 aromatic heterocycles. The van der Waals surface area contributed by atoms with Gasteiger partial charge in [-0.25, -0.2) is 18.7 Å². The van der Waals surface area contributed by atoms with E-state index in [0.717, 1.165) is 31.3 Å². The minimum atomic E-state index is -0.894. The first-order valence-electron chi connectivity index (χ1n) is 8.14. The fourth-order valence-corrected chi connectivity index (χ4v) is 3.39. The van der Waals surface area contributed by atoms with Crippen LogP contribution in [0, 0.1) is 11.6 Å². The molecule has 6 heteroatoms. The summed E-state index contributed by atoms with van der Waals surface area (Å²) >= 11 is 0. The molecule has 4 rings (SSSR count). The summed E-state index contributed by atoms with van der Waals surface area (Å²) in [7, 11) is 1.65. The van der Waals surface area contributed by atoms with Gasteiger partial charge in [0, 0.05) is 30.5 Å². The Morgan fingerprint density at radius 1 is 1.08 bits per heavy atom. The first-order valence-corrected chi connectivity index (χ1v) is 8.14. The molecule has 3 aromatic rings. The molecule has 0 spiro atoms. The maximum atomic E-state index is 13.7. The Morgan fingerprint density at radius 2 is 1.84 bits per heavy atom. The van der Waals surface area contributed by atoms with E-state index in [2.05, 4.69) is 27.0 Å². The molecule has 0 N–H and O–H groups in total. The average molecular weight is 341 g/mol. The zero-order valence-corrected chi connectivity index (χ0v) is 13.7.